The molecular weight excluding hydrogens is 236 g/mol. The lowest BCUT2D eigenvalue weighted by Crippen LogP contribution is -2.37. The Morgan fingerprint density at radius 3 is 2.74 bits per heavy atom. The first-order valence-electron chi connectivity index (χ1n) is 7.27. The van der Waals surface area contributed by atoms with Gasteiger partial charge in [-0.05, 0) is 48.8 Å². The molecule has 1 saturated carbocycles. The number of hydrogen-bond donors (Lipinski definition) is 0. The maximum absolute atomic E-state index is 5.22. The average Bonchev–Trinajstić information content (AvgIpc) is 2.91. The Morgan fingerprint density at radius 1 is 1.21 bits per heavy atom. The van der Waals surface area contributed by atoms with Gasteiger partial charge in [-0.2, -0.15) is 10.2 Å². The molecule has 3 heteroatoms. The average molecular weight is 258 g/mol. The van der Waals surface area contributed by atoms with E-state index in [0.717, 1.165) is 24.6 Å². The van der Waals surface area contributed by atoms with Gasteiger partial charge in [-0.1, -0.05) is 19.1 Å². The summed E-state index contributed by atoms with van der Waals surface area (Å²) in [7, 11) is 1.71. The van der Waals surface area contributed by atoms with Gasteiger partial charge in [0.05, 0.1) is 19.7 Å². The second-order valence-corrected chi connectivity index (χ2v) is 5.96. The molecule has 4 atom stereocenters. The number of methoxy groups -OCH3 is 1. The summed E-state index contributed by atoms with van der Waals surface area (Å²) < 4.78 is 5.22. The van der Waals surface area contributed by atoms with E-state index >= 15 is 0 Å². The monoisotopic (exact) mass is 258 g/mol. The van der Waals surface area contributed by atoms with Gasteiger partial charge in [0, 0.05) is 5.92 Å². The van der Waals surface area contributed by atoms with Crippen molar-refractivity contribution in [2.75, 3.05) is 13.7 Å². The minimum atomic E-state index is 0.464. The summed E-state index contributed by atoms with van der Waals surface area (Å²) >= 11 is 0. The Bertz CT molecular complexity index is 454. The summed E-state index contributed by atoms with van der Waals surface area (Å²) in [4.78, 5) is 0. The van der Waals surface area contributed by atoms with E-state index in [-0.39, 0.29) is 0 Å². The summed E-state index contributed by atoms with van der Waals surface area (Å²) in [6.07, 6.45) is 3.75. The van der Waals surface area contributed by atoms with Crippen molar-refractivity contribution in [2.45, 2.75) is 32.2 Å². The van der Waals surface area contributed by atoms with Crippen LogP contribution in [0.1, 0.15) is 25.3 Å². The first kappa shape index (κ1) is 12.6. The van der Waals surface area contributed by atoms with E-state index < -0.39 is 0 Å². The molecule has 0 aromatic heterocycles. The van der Waals surface area contributed by atoms with Gasteiger partial charge in [0.2, 0.25) is 0 Å². The lowest BCUT2D eigenvalue weighted by atomic mass is 9.70. The summed E-state index contributed by atoms with van der Waals surface area (Å²) in [5.41, 5.74) is 1.39. The lowest BCUT2D eigenvalue weighted by molar-refractivity contribution is 0.177. The SMILES string of the molecule is COc1ccc(CC2C(C)CC[C@@H]3CN=N[C@@H]23)cc1. The van der Waals surface area contributed by atoms with Crippen molar-refractivity contribution >= 4 is 0 Å². The van der Waals surface area contributed by atoms with E-state index in [1.165, 1.54) is 18.4 Å². The van der Waals surface area contributed by atoms with Gasteiger partial charge in [0.15, 0.2) is 0 Å². The molecule has 0 radical (unpaired) electrons. The summed E-state index contributed by atoms with van der Waals surface area (Å²) in [5.74, 6) is 3.04. The fourth-order valence-corrected chi connectivity index (χ4v) is 3.53. The molecule has 0 spiro atoms. The molecule has 1 aliphatic heterocycles. The molecule has 1 heterocycles. The van der Waals surface area contributed by atoms with Crippen molar-refractivity contribution in [1.82, 2.24) is 0 Å². The molecule has 1 aliphatic carbocycles. The number of hydrogen-bond acceptors (Lipinski definition) is 3. The van der Waals surface area contributed by atoms with Gasteiger partial charge in [-0.15, -0.1) is 0 Å². The number of benzene rings is 1. The van der Waals surface area contributed by atoms with Crippen LogP contribution in [0.25, 0.3) is 0 Å². The Balaban J connectivity index is 1.74. The van der Waals surface area contributed by atoms with Gasteiger partial charge >= 0.3 is 0 Å². The number of rotatable bonds is 3. The highest BCUT2D eigenvalue weighted by atomic mass is 16.5. The molecule has 1 aromatic rings. The Morgan fingerprint density at radius 2 is 2.00 bits per heavy atom. The maximum atomic E-state index is 5.22. The second-order valence-electron chi connectivity index (χ2n) is 5.96. The number of fused-ring (bicyclic) bond motifs is 1. The molecule has 0 bridgehead atoms. The topological polar surface area (TPSA) is 34.0 Å². The van der Waals surface area contributed by atoms with Crippen LogP contribution in [0.5, 0.6) is 5.75 Å². The van der Waals surface area contributed by atoms with Crippen molar-refractivity contribution < 1.29 is 4.74 Å². The van der Waals surface area contributed by atoms with Crippen LogP contribution in [0.2, 0.25) is 0 Å². The highest BCUT2D eigenvalue weighted by Gasteiger charge is 2.39. The highest BCUT2D eigenvalue weighted by Crippen LogP contribution is 2.40. The van der Waals surface area contributed by atoms with Gasteiger partial charge in [0.1, 0.15) is 5.75 Å². The molecule has 19 heavy (non-hydrogen) atoms. The van der Waals surface area contributed by atoms with Crippen molar-refractivity contribution in [3.05, 3.63) is 29.8 Å². The first-order valence-corrected chi connectivity index (χ1v) is 7.27. The molecule has 3 rings (SSSR count). The Hall–Kier alpha value is -1.38. The van der Waals surface area contributed by atoms with Crippen LogP contribution >= 0.6 is 0 Å². The van der Waals surface area contributed by atoms with Crippen LogP contribution in [0.15, 0.2) is 34.5 Å². The molecule has 102 valence electrons. The molecule has 0 amide bonds. The molecule has 2 unspecified atom stereocenters. The smallest absolute Gasteiger partial charge is 0.118 e. The highest BCUT2D eigenvalue weighted by molar-refractivity contribution is 5.27. The third kappa shape index (κ3) is 2.51. The predicted molar refractivity (Wildman–Crippen MR) is 75.6 cm³/mol. The van der Waals surface area contributed by atoms with E-state index in [2.05, 4.69) is 41.4 Å². The van der Waals surface area contributed by atoms with E-state index in [0.29, 0.717) is 17.9 Å². The number of azo groups is 1. The van der Waals surface area contributed by atoms with E-state index in [9.17, 15) is 0 Å². The summed E-state index contributed by atoms with van der Waals surface area (Å²) in [5, 5.41) is 8.81. The lowest BCUT2D eigenvalue weighted by Gasteiger charge is -2.36. The second kappa shape index (κ2) is 5.32. The minimum Gasteiger partial charge on any atom is -0.497 e. The fraction of sp³-hybridized carbons (Fsp3) is 0.625. The third-order valence-electron chi connectivity index (χ3n) is 4.81. The minimum absolute atomic E-state index is 0.464. The van der Waals surface area contributed by atoms with Crippen LogP contribution < -0.4 is 4.74 Å². The molecule has 0 N–H and O–H groups in total. The standard InChI is InChI=1S/C16H22N2O/c1-11-3-6-13-10-17-18-16(13)15(11)9-12-4-7-14(19-2)8-5-12/h4-5,7-8,11,13,15-16H,3,6,9-10H2,1-2H3/t11?,13-,15?,16-/m1/s1. The molecule has 3 nitrogen and oxygen atoms in total. The predicted octanol–water partition coefficient (Wildman–Crippen LogP) is 3.73. The van der Waals surface area contributed by atoms with E-state index in [1.54, 1.807) is 7.11 Å². The molecule has 0 saturated heterocycles. The summed E-state index contributed by atoms with van der Waals surface area (Å²) in [6, 6.07) is 8.93. The summed E-state index contributed by atoms with van der Waals surface area (Å²) in [6.45, 7) is 3.33. The van der Waals surface area contributed by atoms with Crippen LogP contribution in [0.4, 0.5) is 0 Å². The zero-order valence-electron chi connectivity index (χ0n) is 11.7. The van der Waals surface area contributed by atoms with Crippen LogP contribution in [-0.4, -0.2) is 19.7 Å². The molecule has 1 aromatic carbocycles. The molecule has 2 aliphatic rings. The van der Waals surface area contributed by atoms with E-state index in [1.807, 2.05) is 0 Å². The van der Waals surface area contributed by atoms with Crippen LogP contribution in [0, 0.1) is 17.8 Å². The normalized spacial score (nSPS) is 33.2. The molecular formula is C16H22N2O. The van der Waals surface area contributed by atoms with Crippen molar-refractivity contribution in [1.29, 1.82) is 0 Å². The third-order valence-corrected chi connectivity index (χ3v) is 4.81. The number of nitrogens with zero attached hydrogens (tertiary/aromatic N) is 2. The van der Waals surface area contributed by atoms with Gasteiger partial charge < -0.3 is 4.74 Å². The largest absolute Gasteiger partial charge is 0.497 e. The van der Waals surface area contributed by atoms with E-state index in [4.69, 9.17) is 4.74 Å². The van der Waals surface area contributed by atoms with Crippen molar-refractivity contribution in [3.63, 3.8) is 0 Å². The van der Waals surface area contributed by atoms with Gasteiger partial charge in [-0.25, -0.2) is 0 Å². The Labute approximate surface area is 115 Å². The number of ether oxygens (including phenoxy) is 1. The Kier molecular flexibility index (Phi) is 3.54. The first-order chi connectivity index (χ1) is 9.28. The molecule has 1 fully saturated rings. The van der Waals surface area contributed by atoms with Crippen LogP contribution in [-0.2, 0) is 6.42 Å². The van der Waals surface area contributed by atoms with Gasteiger partial charge in [-0.3, -0.25) is 0 Å². The van der Waals surface area contributed by atoms with Crippen LogP contribution in [0.3, 0.4) is 0 Å². The van der Waals surface area contributed by atoms with Gasteiger partial charge in [0.25, 0.3) is 0 Å². The zero-order chi connectivity index (χ0) is 13.2. The maximum Gasteiger partial charge on any atom is 0.118 e. The van der Waals surface area contributed by atoms with Crippen molar-refractivity contribution in [2.24, 2.45) is 28.0 Å². The quantitative estimate of drug-likeness (QED) is 0.813. The fourth-order valence-electron chi connectivity index (χ4n) is 3.53. The van der Waals surface area contributed by atoms with Crippen molar-refractivity contribution in [3.8, 4) is 5.75 Å². The zero-order valence-corrected chi connectivity index (χ0v) is 11.7.